The molecule has 0 saturated heterocycles. The molecule has 0 rings (SSSR count). The second-order valence-electron chi connectivity index (χ2n) is 2.35. The van der Waals surface area contributed by atoms with E-state index in [9.17, 15) is 14.4 Å². The van der Waals surface area contributed by atoms with Crippen LogP contribution >= 0.6 is 0 Å². The molecule has 0 amide bonds. The second kappa shape index (κ2) is 6.56. The van der Waals surface area contributed by atoms with Crippen LogP contribution in [0.2, 0.25) is 0 Å². The Morgan fingerprint density at radius 1 is 1.57 bits per heavy atom. The van der Waals surface area contributed by atoms with E-state index in [-0.39, 0.29) is 6.54 Å². The lowest BCUT2D eigenvalue weighted by atomic mass is 10.4. The predicted octanol–water partition coefficient (Wildman–Crippen LogP) is -0.105. The number of hydrogen-bond donors (Lipinski definition) is 1. The van der Waals surface area contributed by atoms with Crippen LogP contribution in [0.25, 0.3) is 0 Å². The van der Waals surface area contributed by atoms with Crippen LogP contribution in [-0.2, 0) is 19.1 Å². The highest BCUT2D eigenvalue weighted by atomic mass is 16.5. The summed E-state index contributed by atoms with van der Waals surface area (Å²) in [6.45, 7) is 1.53. The first-order valence-corrected chi connectivity index (χ1v) is 3.71. The van der Waals surface area contributed by atoms with Crippen LogP contribution in [0.4, 0.5) is 0 Å². The average molecular weight is 199 g/mol. The van der Waals surface area contributed by atoms with Crippen LogP contribution in [0, 0.1) is 0 Å². The van der Waals surface area contributed by atoms with Gasteiger partial charge in [-0.1, -0.05) is 0 Å². The molecule has 0 aromatic heterocycles. The molecule has 14 heavy (non-hydrogen) atoms. The van der Waals surface area contributed by atoms with E-state index in [0.717, 1.165) is 6.08 Å². The SMILES string of the molecule is CC(CN=C=O)OC(=O)/C=C/C(=O)O. The number of aliphatic carboxylic acids is 1. The number of esters is 1. The van der Waals surface area contributed by atoms with Crippen molar-refractivity contribution in [2.45, 2.75) is 13.0 Å². The molecule has 0 aromatic rings. The molecule has 1 N–H and O–H groups in total. The summed E-state index contributed by atoms with van der Waals surface area (Å²) in [6.07, 6.45) is 2.16. The van der Waals surface area contributed by atoms with Crippen molar-refractivity contribution in [3.05, 3.63) is 12.2 Å². The maximum atomic E-state index is 10.8. The first-order valence-electron chi connectivity index (χ1n) is 3.71. The van der Waals surface area contributed by atoms with Crippen LogP contribution in [0.15, 0.2) is 17.1 Å². The van der Waals surface area contributed by atoms with Gasteiger partial charge in [0.2, 0.25) is 6.08 Å². The van der Waals surface area contributed by atoms with Crippen molar-refractivity contribution >= 4 is 18.0 Å². The molecular weight excluding hydrogens is 190 g/mol. The van der Waals surface area contributed by atoms with E-state index < -0.39 is 18.0 Å². The number of isocyanates is 1. The van der Waals surface area contributed by atoms with Gasteiger partial charge in [0.25, 0.3) is 0 Å². The molecule has 0 saturated carbocycles. The zero-order valence-electron chi connectivity index (χ0n) is 7.47. The van der Waals surface area contributed by atoms with Gasteiger partial charge in [-0.3, -0.25) is 0 Å². The molecule has 0 aliphatic carbocycles. The van der Waals surface area contributed by atoms with Crippen molar-refractivity contribution in [3.8, 4) is 0 Å². The Labute approximate surface area is 79.9 Å². The van der Waals surface area contributed by atoms with Gasteiger partial charge in [-0.15, -0.1) is 0 Å². The summed E-state index contributed by atoms with van der Waals surface area (Å²) in [6, 6.07) is 0. The highest BCUT2D eigenvalue weighted by Crippen LogP contribution is 1.93. The van der Waals surface area contributed by atoms with Gasteiger partial charge in [0, 0.05) is 12.2 Å². The van der Waals surface area contributed by atoms with Crippen molar-refractivity contribution in [2.75, 3.05) is 6.54 Å². The van der Waals surface area contributed by atoms with Gasteiger partial charge >= 0.3 is 11.9 Å². The summed E-state index contributed by atoms with van der Waals surface area (Å²) in [5.41, 5.74) is 0. The molecule has 0 heterocycles. The Morgan fingerprint density at radius 3 is 2.71 bits per heavy atom. The molecule has 6 nitrogen and oxygen atoms in total. The summed E-state index contributed by atoms with van der Waals surface area (Å²) in [5, 5.41) is 8.17. The lowest BCUT2D eigenvalue weighted by Gasteiger charge is -2.06. The molecule has 1 atom stereocenters. The maximum absolute atomic E-state index is 10.8. The number of carboxylic acids is 1. The molecule has 6 heteroatoms. The number of rotatable bonds is 5. The zero-order valence-corrected chi connectivity index (χ0v) is 7.47. The second-order valence-corrected chi connectivity index (χ2v) is 2.35. The highest BCUT2D eigenvalue weighted by Gasteiger charge is 2.05. The number of carboxylic acid groups (broad SMARTS) is 1. The Bertz CT molecular complexity index is 290. The largest absolute Gasteiger partial charge is 0.478 e. The van der Waals surface area contributed by atoms with E-state index >= 15 is 0 Å². The van der Waals surface area contributed by atoms with Gasteiger partial charge < -0.3 is 9.84 Å². The van der Waals surface area contributed by atoms with E-state index in [1.54, 1.807) is 0 Å². The molecule has 0 bridgehead atoms. The zero-order chi connectivity index (χ0) is 11.0. The standard InChI is InChI=1S/C8H9NO5/c1-6(4-9-5-10)14-8(13)3-2-7(11)12/h2-3,6H,4H2,1H3,(H,11,12)/b3-2+. The number of carbonyl (C=O) groups excluding carboxylic acids is 2. The summed E-state index contributed by atoms with van der Waals surface area (Å²) >= 11 is 0. The van der Waals surface area contributed by atoms with Crippen LogP contribution < -0.4 is 0 Å². The Balaban J connectivity index is 3.93. The van der Waals surface area contributed by atoms with E-state index in [4.69, 9.17) is 5.11 Å². The van der Waals surface area contributed by atoms with E-state index in [2.05, 4.69) is 9.73 Å². The first kappa shape index (κ1) is 12.1. The fourth-order valence-corrected chi connectivity index (χ4v) is 0.580. The fraction of sp³-hybridized carbons (Fsp3) is 0.375. The van der Waals surface area contributed by atoms with E-state index in [1.165, 1.54) is 13.0 Å². The van der Waals surface area contributed by atoms with Gasteiger partial charge in [0.1, 0.15) is 6.10 Å². The molecule has 1 unspecified atom stereocenters. The topological polar surface area (TPSA) is 93.0 Å². The quantitative estimate of drug-likeness (QED) is 0.288. The summed E-state index contributed by atoms with van der Waals surface area (Å²) in [5.74, 6) is -2.03. The van der Waals surface area contributed by atoms with Gasteiger partial charge in [-0.05, 0) is 6.92 Å². The van der Waals surface area contributed by atoms with Gasteiger partial charge in [-0.2, -0.15) is 0 Å². The van der Waals surface area contributed by atoms with Gasteiger partial charge in [-0.25, -0.2) is 19.4 Å². The lowest BCUT2D eigenvalue weighted by Crippen LogP contribution is -2.16. The van der Waals surface area contributed by atoms with E-state index in [0.29, 0.717) is 6.08 Å². The number of ether oxygens (including phenoxy) is 1. The highest BCUT2D eigenvalue weighted by molar-refractivity contribution is 5.90. The third kappa shape index (κ3) is 6.75. The van der Waals surface area contributed by atoms with Crippen LogP contribution in [-0.4, -0.2) is 35.8 Å². The minimum Gasteiger partial charge on any atom is -0.478 e. The van der Waals surface area contributed by atoms with Crippen molar-refractivity contribution in [3.63, 3.8) is 0 Å². The Morgan fingerprint density at radius 2 is 2.21 bits per heavy atom. The molecule has 0 aliphatic rings. The molecule has 0 aromatic carbocycles. The minimum absolute atomic E-state index is 0.0101. The first-order chi connectivity index (χ1) is 6.56. The summed E-state index contributed by atoms with van der Waals surface area (Å²) in [7, 11) is 0. The Hall–Kier alpha value is -1.94. The smallest absolute Gasteiger partial charge is 0.331 e. The predicted molar refractivity (Wildman–Crippen MR) is 45.3 cm³/mol. The number of nitrogens with zero attached hydrogens (tertiary/aromatic N) is 1. The molecular formula is C8H9NO5. The van der Waals surface area contributed by atoms with Crippen molar-refractivity contribution in [1.82, 2.24) is 0 Å². The van der Waals surface area contributed by atoms with Gasteiger partial charge in [0.05, 0.1) is 6.54 Å². The third-order valence-electron chi connectivity index (χ3n) is 1.09. The van der Waals surface area contributed by atoms with Crippen LogP contribution in [0.1, 0.15) is 6.92 Å². The molecule has 76 valence electrons. The van der Waals surface area contributed by atoms with Gasteiger partial charge in [0.15, 0.2) is 0 Å². The molecule has 0 radical (unpaired) electrons. The number of carbonyl (C=O) groups is 2. The monoisotopic (exact) mass is 199 g/mol. The minimum atomic E-state index is -1.24. The number of aliphatic imine (C=N–C) groups is 1. The Kier molecular flexibility index (Phi) is 5.65. The summed E-state index contributed by atoms with van der Waals surface area (Å²) in [4.78, 5) is 33.7. The van der Waals surface area contributed by atoms with Crippen LogP contribution in [0.3, 0.4) is 0 Å². The van der Waals surface area contributed by atoms with Crippen molar-refractivity contribution in [2.24, 2.45) is 4.99 Å². The van der Waals surface area contributed by atoms with Crippen molar-refractivity contribution in [1.29, 1.82) is 0 Å². The van der Waals surface area contributed by atoms with E-state index in [1.807, 2.05) is 0 Å². The fourth-order valence-electron chi connectivity index (χ4n) is 0.580. The molecule has 0 spiro atoms. The molecule has 0 aliphatic heterocycles. The number of hydrogen-bond acceptors (Lipinski definition) is 5. The van der Waals surface area contributed by atoms with Crippen LogP contribution in [0.5, 0.6) is 0 Å². The molecule has 0 fully saturated rings. The third-order valence-corrected chi connectivity index (χ3v) is 1.09. The summed E-state index contributed by atoms with van der Waals surface area (Å²) < 4.78 is 4.64. The normalized spacial score (nSPS) is 11.8. The average Bonchev–Trinajstić information content (AvgIpc) is 2.11. The van der Waals surface area contributed by atoms with Crippen molar-refractivity contribution < 1.29 is 24.2 Å². The lowest BCUT2D eigenvalue weighted by molar-refractivity contribution is -0.142. The maximum Gasteiger partial charge on any atom is 0.331 e.